The fraction of sp³-hybridized carbons (Fsp3) is 0.357. The van der Waals surface area contributed by atoms with E-state index in [1.165, 1.54) is 25.5 Å². The summed E-state index contributed by atoms with van der Waals surface area (Å²) in [7, 11) is 1.41. The van der Waals surface area contributed by atoms with E-state index in [-0.39, 0.29) is 36.9 Å². The summed E-state index contributed by atoms with van der Waals surface area (Å²) >= 11 is 0. The molecule has 1 aliphatic carbocycles. The number of esters is 1. The lowest BCUT2D eigenvalue weighted by Crippen LogP contribution is -2.31. The number of carbonyl (C=O) groups is 1. The number of fused-ring (bicyclic) bond motifs is 3. The molecule has 2 aliphatic rings. The van der Waals surface area contributed by atoms with E-state index in [2.05, 4.69) is 32.6 Å². The molecule has 0 spiro atoms. The third-order valence-corrected chi connectivity index (χ3v) is 7.22. The van der Waals surface area contributed by atoms with E-state index in [1.807, 2.05) is 18.2 Å². The molecule has 10 heteroatoms. The van der Waals surface area contributed by atoms with Crippen LogP contribution in [0.3, 0.4) is 0 Å². The van der Waals surface area contributed by atoms with Crippen molar-refractivity contribution < 1.29 is 18.8 Å². The first-order chi connectivity index (χ1) is 18.1. The quantitative estimate of drug-likeness (QED) is 0.322. The lowest BCUT2D eigenvalue weighted by Gasteiger charge is -2.23. The minimum absolute atomic E-state index is 0. The van der Waals surface area contributed by atoms with Gasteiger partial charge in [-0.1, -0.05) is 5.16 Å². The number of nitriles is 1. The average Bonchev–Trinajstić information content (AvgIpc) is 3.68. The van der Waals surface area contributed by atoms with Crippen molar-refractivity contribution in [1.29, 1.82) is 5.26 Å². The fourth-order valence-corrected chi connectivity index (χ4v) is 5.38. The van der Waals surface area contributed by atoms with Gasteiger partial charge in [-0.05, 0) is 80.6 Å². The number of aromatic amines is 1. The Hall–Kier alpha value is -3.87. The molecule has 0 radical (unpaired) electrons. The summed E-state index contributed by atoms with van der Waals surface area (Å²) in [4.78, 5) is 20.0. The highest BCUT2D eigenvalue weighted by Crippen LogP contribution is 2.35. The molecule has 2 aromatic heterocycles. The summed E-state index contributed by atoms with van der Waals surface area (Å²) in [6.07, 6.45) is 5.69. The van der Waals surface area contributed by atoms with Crippen LogP contribution in [-0.2, 0) is 16.0 Å². The smallest absolute Gasteiger partial charge is 0.307 e. The molecule has 1 unspecified atom stereocenters. The number of halogens is 1. The molecule has 2 aromatic carbocycles. The van der Waals surface area contributed by atoms with E-state index in [0.29, 0.717) is 28.6 Å². The van der Waals surface area contributed by atoms with E-state index in [4.69, 9.17) is 14.0 Å². The van der Waals surface area contributed by atoms with Crippen molar-refractivity contribution in [1.82, 2.24) is 20.4 Å². The molecule has 6 rings (SSSR count). The highest BCUT2D eigenvalue weighted by atomic mass is 35.5. The van der Waals surface area contributed by atoms with Gasteiger partial charge in [0.15, 0.2) is 0 Å². The topological polar surface area (TPSA) is 126 Å². The number of hydrogen-bond acceptors (Lipinski definition) is 8. The SMILES string of the molecule is COC(=O)CC1NCCc2c1[nH]c1ccc(-c3noc(-c4cc(C#N)cc(OC5CCCC5)c4)n3)cc21.Cl. The first-order valence-corrected chi connectivity index (χ1v) is 12.6. The van der Waals surface area contributed by atoms with Gasteiger partial charge in [-0.2, -0.15) is 10.2 Å². The predicted octanol–water partition coefficient (Wildman–Crippen LogP) is 5.25. The third kappa shape index (κ3) is 4.97. The van der Waals surface area contributed by atoms with Crippen LogP contribution in [0.2, 0.25) is 0 Å². The highest BCUT2D eigenvalue weighted by molar-refractivity contribution is 5.89. The molecule has 0 bridgehead atoms. The van der Waals surface area contributed by atoms with Gasteiger partial charge in [0.05, 0.1) is 37.3 Å². The molecular formula is C28H28ClN5O4. The molecule has 196 valence electrons. The van der Waals surface area contributed by atoms with Gasteiger partial charge in [0.1, 0.15) is 5.75 Å². The Morgan fingerprint density at radius 3 is 2.82 bits per heavy atom. The maximum absolute atomic E-state index is 11.9. The van der Waals surface area contributed by atoms with Gasteiger partial charge in [-0.15, -0.1) is 12.4 Å². The maximum Gasteiger partial charge on any atom is 0.307 e. The molecule has 1 fully saturated rings. The van der Waals surface area contributed by atoms with Crippen LogP contribution >= 0.6 is 12.4 Å². The predicted molar refractivity (Wildman–Crippen MR) is 143 cm³/mol. The second-order valence-electron chi connectivity index (χ2n) is 9.62. The molecular weight excluding hydrogens is 506 g/mol. The van der Waals surface area contributed by atoms with Crippen molar-refractivity contribution in [3.8, 4) is 34.7 Å². The van der Waals surface area contributed by atoms with Gasteiger partial charge in [-0.3, -0.25) is 4.79 Å². The van der Waals surface area contributed by atoms with Gasteiger partial charge >= 0.3 is 5.97 Å². The summed E-state index contributed by atoms with van der Waals surface area (Å²) in [5.74, 6) is 1.20. The largest absolute Gasteiger partial charge is 0.490 e. The minimum Gasteiger partial charge on any atom is -0.490 e. The standard InChI is InChI=1S/C28H27N5O4.ClH/c1-35-25(34)14-24-26-21(8-9-30-24)22-13-17(6-7-23(22)31-26)27-32-28(37-33-27)18-10-16(15-29)11-20(12-18)36-19-4-2-3-5-19;/h6-7,10-13,19,24,30-31H,2-5,8-9,14H2,1H3;1H. The van der Waals surface area contributed by atoms with E-state index in [1.54, 1.807) is 12.1 Å². The maximum atomic E-state index is 11.9. The zero-order chi connectivity index (χ0) is 25.4. The molecule has 0 amide bonds. The van der Waals surface area contributed by atoms with Gasteiger partial charge in [-0.25, -0.2) is 0 Å². The molecule has 4 aromatic rings. The molecule has 1 saturated carbocycles. The number of methoxy groups -OCH3 is 1. The van der Waals surface area contributed by atoms with Crippen LogP contribution in [0.4, 0.5) is 0 Å². The molecule has 9 nitrogen and oxygen atoms in total. The van der Waals surface area contributed by atoms with Crippen molar-refractivity contribution in [2.24, 2.45) is 0 Å². The van der Waals surface area contributed by atoms with E-state index in [0.717, 1.165) is 48.0 Å². The average molecular weight is 534 g/mol. The number of H-pyrrole nitrogens is 1. The minimum atomic E-state index is -0.249. The van der Waals surface area contributed by atoms with Crippen LogP contribution in [0.1, 0.15) is 55.0 Å². The number of benzene rings is 2. The summed E-state index contributed by atoms with van der Waals surface area (Å²) in [5.41, 5.74) is 5.16. The van der Waals surface area contributed by atoms with Crippen LogP contribution in [0.5, 0.6) is 5.75 Å². The molecule has 0 saturated heterocycles. The molecule has 1 atom stereocenters. The van der Waals surface area contributed by atoms with Crippen molar-refractivity contribution in [3.63, 3.8) is 0 Å². The van der Waals surface area contributed by atoms with Crippen molar-refractivity contribution in [2.75, 3.05) is 13.7 Å². The van der Waals surface area contributed by atoms with Gasteiger partial charge in [0, 0.05) is 27.7 Å². The molecule has 38 heavy (non-hydrogen) atoms. The van der Waals surface area contributed by atoms with Gasteiger partial charge in [0.25, 0.3) is 5.89 Å². The Kier molecular flexibility index (Phi) is 7.36. The first kappa shape index (κ1) is 25.8. The third-order valence-electron chi connectivity index (χ3n) is 7.22. The Morgan fingerprint density at radius 1 is 1.18 bits per heavy atom. The monoisotopic (exact) mass is 533 g/mol. The number of nitrogens with zero attached hydrogens (tertiary/aromatic N) is 3. The van der Waals surface area contributed by atoms with Crippen LogP contribution in [0.25, 0.3) is 33.7 Å². The van der Waals surface area contributed by atoms with Crippen molar-refractivity contribution in [2.45, 2.75) is 50.7 Å². The number of carbonyl (C=O) groups excluding carboxylic acids is 1. The Balaban J connectivity index is 0.00000294. The lowest BCUT2D eigenvalue weighted by atomic mass is 9.97. The zero-order valence-electron chi connectivity index (χ0n) is 21.0. The number of aromatic nitrogens is 3. The number of hydrogen-bond donors (Lipinski definition) is 2. The normalized spacial score (nSPS) is 17.0. The van der Waals surface area contributed by atoms with Crippen LogP contribution in [0.15, 0.2) is 40.9 Å². The van der Waals surface area contributed by atoms with Crippen LogP contribution < -0.4 is 10.1 Å². The second-order valence-corrected chi connectivity index (χ2v) is 9.62. The summed E-state index contributed by atoms with van der Waals surface area (Å²) in [6, 6.07) is 13.4. The molecule has 2 N–H and O–H groups in total. The zero-order valence-corrected chi connectivity index (χ0v) is 21.8. The number of ether oxygens (including phenoxy) is 2. The number of nitrogens with one attached hydrogen (secondary N) is 2. The van der Waals surface area contributed by atoms with Crippen LogP contribution in [-0.4, -0.2) is 40.9 Å². The summed E-state index contributed by atoms with van der Waals surface area (Å²) in [5, 5.41) is 18.2. The van der Waals surface area contributed by atoms with E-state index in [9.17, 15) is 10.1 Å². The summed E-state index contributed by atoms with van der Waals surface area (Å²) < 4.78 is 16.6. The van der Waals surface area contributed by atoms with Crippen LogP contribution in [0, 0.1) is 11.3 Å². The number of rotatable bonds is 6. The Bertz CT molecular complexity index is 1520. The van der Waals surface area contributed by atoms with E-state index >= 15 is 0 Å². The highest BCUT2D eigenvalue weighted by Gasteiger charge is 2.26. The first-order valence-electron chi connectivity index (χ1n) is 12.6. The van der Waals surface area contributed by atoms with E-state index < -0.39 is 0 Å². The Morgan fingerprint density at radius 2 is 2.03 bits per heavy atom. The summed E-state index contributed by atoms with van der Waals surface area (Å²) in [6.45, 7) is 0.776. The molecule has 3 heterocycles. The second kappa shape index (κ2) is 10.9. The van der Waals surface area contributed by atoms with Crippen molar-refractivity contribution in [3.05, 3.63) is 53.2 Å². The lowest BCUT2D eigenvalue weighted by molar-refractivity contribution is -0.141. The van der Waals surface area contributed by atoms with Crippen molar-refractivity contribution >= 4 is 29.3 Å². The Labute approximate surface area is 225 Å². The van der Waals surface area contributed by atoms with Gasteiger partial charge < -0.3 is 24.3 Å². The molecule has 1 aliphatic heterocycles. The van der Waals surface area contributed by atoms with Gasteiger partial charge in [0.2, 0.25) is 5.82 Å². The fourth-order valence-electron chi connectivity index (χ4n) is 5.38.